The van der Waals surface area contributed by atoms with Gasteiger partial charge < -0.3 is 4.74 Å². The zero-order valence-electron chi connectivity index (χ0n) is 8.95. The Labute approximate surface area is 93.2 Å². The first-order chi connectivity index (χ1) is 7.19. The molecule has 0 radical (unpaired) electrons. The van der Waals surface area contributed by atoms with E-state index in [1.54, 1.807) is 6.92 Å². The van der Waals surface area contributed by atoms with Crippen molar-refractivity contribution in [3.63, 3.8) is 0 Å². The van der Waals surface area contributed by atoms with Gasteiger partial charge in [-0.05, 0) is 25.1 Å². The van der Waals surface area contributed by atoms with Crippen LogP contribution >= 0.6 is 11.3 Å². The van der Waals surface area contributed by atoms with Crippen molar-refractivity contribution in [1.82, 2.24) is 0 Å². The average molecular weight is 222 g/mol. The maximum Gasteiger partial charge on any atom is 0.348 e. The molecule has 0 unspecified atom stereocenters. The summed E-state index contributed by atoms with van der Waals surface area (Å²) in [6, 6.07) is 1.81. The van der Waals surface area contributed by atoms with Crippen LogP contribution in [0.4, 0.5) is 0 Å². The molecule has 0 N–H and O–H groups in total. The minimum absolute atomic E-state index is 0.271. The van der Waals surface area contributed by atoms with E-state index in [0.717, 1.165) is 9.75 Å². The van der Waals surface area contributed by atoms with Crippen molar-refractivity contribution in [2.45, 2.75) is 13.8 Å². The van der Waals surface area contributed by atoms with Crippen molar-refractivity contribution in [1.29, 1.82) is 0 Å². The first kappa shape index (κ1) is 11.7. The SMILES string of the molecule is C=c1sc(C(=O)OCC)c/c1=C/C=C\C. The molecule has 0 amide bonds. The van der Waals surface area contributed by atoms with E-state index in [9.17, 15) is 4.79 Å². The summed E-state index contributed by atoms with van der Waals surface area (Å²) in [7, 11) is 0. The summed E-state index contributed by atoms with van der Waals surface area (Å²) < 4.78 is 5.80. The lowest BCUT2D eigenvalue weighted by atomic mass is 10.3. The molecular formula is C12H14O2S. The van der Waals surface area contributed by atoms with Crippen LogP contribution in [0.2, 0.25) is 0 Å². The van der Waals surface area contributed by atoms with E-state index in [1.165, 1.54) is 11.3 Å². The van der Waals surface area contributed by atoms with E-state index in [-0.39, 0.29) is 5.97 Å². The van der Waals surface area contributed by atoms with E-state index in [2.05, 4.69) is 6.58 Å². The lowest BCUT2D eigenvalue weighted by molar-refractivity contribution is 0.0532. The topological polar surface area (TPSA) is 26.3 Å². The first-order valence-electron chi connectivity index (χ1n) is 4.78. The molecule has 0 aliphatic rings. The molecule has 3 heteroatoms. The van der Waals surface area contributed by atoms with Gasteiger partial charge in [-0.2, -0.15) is 0 Å². The molecule has 0 aromatic carbocycles. The van der Waals surface area contributed by atoms with Gasteiger partial charge in [0.05, 0.1) is 6.61 Å². The van der Waals surface area contributed by atoms with Gasteiger partial charge in [-0.1, -0.05) is 24.8 Å². The summed E-state index contributed by atoms with van der Waals surface area (Å²) >= 11 is 1.36. The molecule has 2 nitrogen and oxygen atoms in total. The molecule has 1 aromatic heterocycles. The summed E-state index contributed by atoms with van der Waals surface area (Å²) in [5, 5.41) is 0.973. The van der Waals surface area contributed by atoms with Gasteiger partial charge in [0.15, 0.2) is 0 Å². The fourth-order valence-electron chi connectivity index (χ4n) is 1.09. The third-order valence-electron chi connectivity index (χ3n) is 1.79. The number of allylic oxidation sites excluding steroid dienone is 2. The Kier molecular flexibility index (Phi) is 4.31. The largest absolute Gasteiger partial charge is 0.462 e. The molecule has 0 spiro atoms. The number of thiophene rings is 1. The highest BCUT2D eigenvalue weighted by Crippen LogP contribution is 2.02. The summed E-state index contributed by atoms with van der Waals surface area (Å²) in [5.74, 6) is -0.271. The Morgan fingerprint density at radius 3 is 3.00 bits per heavy atom. The van der Waals surface area contributed by atoms with Gasteiger partial charge >= 0.3 is 5.97 Å². The van der Waals surface area contributed by atoms with Crippen molar-refractivity contribution < 1.29 is 9.53 Å². The van der Waals surface area contributed by atoms with Crippen molar-refractivity contribution >= 4 is 30.0 Å². The maximum atomic E-state index is 11.4. The smallest absolute Gasteiger partial charge is 0.348 e. The average Bonchev–Trinajstić information content (AvgIpc) is 2.57. The van der Waals surface area contributed by atoms with Crippen LogP contribution in [-0.4, -0.2) is 12.6 Å². The fraction of sp³-hybridized carbons (Fsp3) is 0.250. The second-order valence-corrected chi connectivity index (χ2v) is 4.04. The number of carbonyl (C=O) groups is 1. The van der Waals surface area contributed by atoms with E-state index in [1.807, 2.05) is 31.2 Å². The summed E-state index contributed by atoms with van der Waals surface area (Å²) in [6.45, 7) is 8.02. The molecule has 1 rings (SSSR count). The lowest BCUT2D eigenvalue weighted by Crippen LogP contribution is -2.14. The van der Waals surface area contributed by atoms with Crippen molar-refractivity contribution in [2.75, 3.05) is 6.61 Å². The number of esters is 1. The van der Waals surface area contributed by atoms with Gasteiger partial charge in [0.1, 0.15) is 4.88 Å². The molecule has 0 atom stereocenters. The van der Waals surface area contributed by atoms with Crippen LogP contribution in [0.1, 0.15) is 23.5 Å². The minimum atomic E-state index is -0.271. The Balaban J connectivity index is 3.06. The zero-order valence-corrected chi connectivity index (χ0v) is 9.76. The predicted molar refractivity (Wildman–Crippen MR) is 64.3 cm³/mol. The number of carbonyl (C=O) groups excluding carboxylic acids is 1. The molecule has 0 saturated carbocycles. The quantitative estimate of drug-likeness (QED) is 0.727. The van der Waals surface area contributed by atoms with Crippen LogP contribution in [-0.2, 0) is 4.74 Å². The second-order valence-electron chi connectivity index (χ2n) is 2.90. The zero-order chi connectivity index (χ0) is 11.3. The minimum Gasteiger partial charge on any atom is -0.462 e. The van der Waals surface area contributed by atoms with Gasteiger partial charge in [-0.25, -0.2) is 4.79 Å². The monoisotopic (exact) mass is 222 g/mol. The van der Waals surface area contributed by atoms with Gasteiger partial charge in [0, 0.05) is 4.53 Å². The molecule has 80 valence electrons. The molecular weight excluding hydrogens is 208 g/mol. The van der Waals surface area contributed by atoms with E-state index in [0.29, 0.717) is 11.5 Å². The highest BCUT2D eigenvalue weighted by molar-refractivity contribution is 7.11. The van der Waals surface area contributed by atoms with Gasteiger partial charge in [-0.15, -0.1) is 11.3 Å². The Morgan fingerprint density at radius 2 is 2.40 bits per heavy atom. The molecule has 0 saturated heterocycles. The summed E-state index contributed by atoms with van der Waals surface area (Å²) in [4.78, 5) is 12.0. The molecule has 1 aromatic rings. The molecule has 0 bridgehead atoms. The normalized spacial score (nSPS) is 12.3. The number of hydrogen-bond donors (Lipinski definition) is 0. The highest BCUT2D eigenvalue weighted by Gasteiger charge is 2.07. The van der Waals surface area contributed by atoms with Crippen LogP contribution in [0.3, 0.4) is 0 Å². The number of rotatable bonds is 3. The number of ether oxygens (including phenoxy) is 1. The fourth-order valence-corrected chi connectivity index (χ4v) is 1.93. The summed E-state index contributed by atoms with van der Waals surface area (Å²) in [5.41, 5.74) is 0. The Morgan fingerprint density at radius 1 is 1.67 bits per heavy atom. The summed E-state index contributed by atoms with van der Waals surface area (Å²) in [6.07, 6.45) is 5.79. The van der Waals surface area contributed by atoms with Gasteiger partial charge in [0.2, 0.25) is 0 Å². The van der Waals surface area contributed by atoms with Crippen LogP contribution in [0.5, 0.6) is 0 Å². The molecule has 0 aliphatic carbocycles. The van der Waals surface area contributed by atoms with E-state index >= 15 is 0 Å². The standard InChI is InChI=1S/C12H14O2S/c1-4-6-7-10-8-11(15-9(10)3)12(13)14-5-2/h4,6-8H,3,5H2,1-2H3/b6-4-,10-7-. The second kappa shape index (κ2) is 5.51. The lowest BCUT2D eigenvalue weighted by Gasteiger charge is -1.95. The van der Waals surface area contributed by atoms with Crippen molar-refractivity contribution in [3.8, 4) is 0 Å². The predicted octanol–water partition coefficient (Wildman–Crippen LogP) is 1.69. The van der Waals surface area contributed by atoms with E-state index < -0.39 is 0 Å². The number of hydrogen-bond acceptors (Lipinski definition) is 3. The molecule has 15 heavy (non-hydrogen) atoms. The van der Waals surface area contributed by atoms with E-state index in [4.69, 9.17) is 4.74 Å². The Bertz CT molecular complexity index is 468. The molecule has 0 fully saturated rings. The van der Waals surface area contributed by atoms with Crippen molar-refractivity contribution in [3.05, 3.63) is 32.8 Å². The molecule has 0 aliphatic heterocycles. The highest BCUT2D eigenvalue weighted by atomic mass is 32.1. The van der Waals surface area contributed by atoms with Crippen LogP contribution in [0.25, 0.3) is 12.7 Å². The maximum absolute atomic E-state index is 11.4. The van der Waals surface area contributed by atoms with Gasteiger partial charge in [0.25, 0.3) is 0 Å². The van der Waals surface area contributed by atoms with Crippen LogP contribution in [0.15, 0.2) is 18.2 Å². The Hall–Kier alpha value is -1.35. The third-order valence-corrected chi connectivity index (χ3v) is 2.77. The van der Waals surface area contributed by atoms with Gasteiger partial charge in [-0.3, -0.25) is 0 Å². The van der Waals surface area contributed by atoms with Crippen LogP contribution in [0, 0.1) is 0 Å². The van der Waals surface area contributed by atoms with Crippen molar-refractivity contribution in [2.24, 2.45) is 0 Å². The van der Waals surface area contributed by atoms with Crippen LogP contribution < -0.4 is 9.75 Å². The third kappa shape index (κ3) is 3.06. The molecule has 1 heterocycles. The first-order valence-corrected chi connectivity index (χ1v) is 5.59.